The zero-order valence-corrected chi connectivity index (χ0v) is 6.77. The molecule has 1 aromatic rings. The molecular weight excluding hydrogens is 236 g/mol. The van der Waals surface area contributed by atoms with Gasteiger partial charge in [0.25, 0.3) is 0 Å². The molecule has 0 N–H and O–H groups in total. The van der Waals surface area contributed by atoms with Crippen molar-refractivity contribution in [3.63, 3.8) is 0 Å². The maximum Gasteiger partial charge on any atom is 0.130 e. The molecule has 0 atom stereocenters. The fraction of sp³-hybridized carbons (Fsp3) is 0. The van der Waals surface area contributed by atoms with Gasteiger partial charge in [-0.05, 0) is 34.7 Å². The first-order valence-electron chi connectivity index (χ1n) is 2.48. The molecule has 0 saturated carbocycles. The maximum absolute atomic E-state index is 7.08. The Bertz CT molecular complexity index is 178. The highest BCUT2D eigenvalue weighted by Crippen LogP contribution is 2.07. The molecule has 1 heterocycles. The summed E-state index contributed by atoms with van der Waals surface area (Å²) in [4.78, 5) is 3.66. The molecule has 8 heavy (non-hydrogen) atoms. The lowest BCUT2D eigenvalue weighted by Crippen LogP contribution is -1.72. The van der Waals surface area contributed by atoms with E-state index in [2.05, 4.69) is 27.6 Å². The third-order valence-electron chi connectivity index (χ3n) is 0.631. The van der Waals surface area contributed by atoms with E-state index in [0.717, 1.165) is 3.57 Å². The molecule has 0 radical (unpaired) electrons. The lowest BCUT2D eigenvalue weighted by Gasteiger charge is -1.86. The van der Waals surface area contributed by atoms with Crippen LogP contribution < -0.4 is 0 Å². The molecule has 0 fully saturated rings. The average molecular weight is 240 g/mol. The minimum Gasteiger partial charge on any atom is -0.245 e. The Balaban J connectivity index is 3.17. The summed E-state index contributed by atoms with van der Waals surface area (Å²) in [5, 5.41) is 0.381. The first-order valence-corrected chi connectivity index (χ1v) is 3.44. The molecule has 1 aromatic heterocycles. The number of hydrogen-bond acceptors (Lipinski definition) is 1. The molecule has 3 heteroatoms. The number of rotatable bonds is 0. The summed E-state index contributed by atoms with van der Waals surface area (Å²) in [6.07, 6.45) is 0.215. The quantitative estimate of drug-likeness (QED) is 0.501. The molecule has 0 amide bonds. The van der Waals surface area contributed by atoms with E-state index in [1.807, 2.05) is 0 Å². The van der Waals surface area contributed by atoms with E-state index >= 15 is 0 Å². The van der Waals surface area contributed by atoms with E-state index in [1.165, 1.54) is 0 Å². The van der Waals surface area contributed by atoms with Crippen molar-refractivity contribution in [2.24, 2.45) is 0 Å². The second-order valence-corrected chi connectivity index (χ2v) is 2.87. The smallest absolute Gasteiger partial charge is 0.130 e. The summed E-state index contributed by atoms with van der Waals surface area (Å²) in [5.74, 6) is 0. The molecule has 42 valence electrons. The van der Waals surface area contributed by atoms with Gasteiger partial charge >= 0.3 is 0 Å². The predicted octanol–water partition coefficient (Wildman–Crippen LogP) is 2.34. The summed E-state index contributed by atoms with van der Waals surface area (Å²) in [7, 11) is 0. The van der Waals surface area contributed by atoms with Crippen LogP contribution in [-0.2, 0) is 0 Å². The fourth-order valence-electron chi connectivity index (χ4n) is 0.343. The van der Waals surface area contributed by atoms with E-state index < -0.39 is 0 Å². The number of nitrogens with zero attached hydrogens (tertiary/aromatic N) is 1. The van der Waals surface area contributed by atoms with Crippen molar-refractivity contribution < 1.29 is 1.37 Å². The van der Waals surface area contributed by atoms with Crippen molar-refractivity contribution in [1.82, 2.24) is 4.98 Å². The Morgan fingerprint density at radius 2 is 2.62 bits per heavy atom. The van der Waals surface area contributed by atoms with Gasteiger partial charge in [-0.1, -0.05) is 11.6 Å². The van der Waals surface area contributed by atoms with E-state index in [1.54, 1.807) is 12.1 Å². The van der Waals surface area contributed by atoms with E-state index in [4.69, 9.17) is 13.0 Å². The van der Waals surface area contributed by atoms with Crippen LogP contribution in [0.25, 0.3) is 0 Å². The SMILES string of the molecule is [2H]c1cc(I)cc(Cl)n1. The van der Waals surface area contributed by atoms with Gasteiger partial charge in [0.2, 0.25) is 0 Å². The van der Waals surface area contributed by atoms with E-state index in [-0.39, 0.29) is 6.17 Å². The molecular formula is C5H3ClIN. The lowest BCUT2D eigenvalue weighted by molar-refractivity contribution is 1.32. The van der Waals surface area contributed by atoms with E-state index in [9.17, 15) is 0 Å². The lowest BCUT2D eigenvalue weighted by atomic mass is 10.5. The topological polar surface area (TPSA) is 12.9 Å². The highest BCUT2D eigenvalue weighted by atomic mass is 127. The van der Waals surface area contributed by atoms with Gasteiger partial charge in [-0.25, -0.2) is 4.98 Å². The van der Waals surface area contributed by atoms with Crippen LogP contribution in [0.5, 0.6) is 0 Å². The normalized spacial score (nSPS) is 11.0. The Labute approximate surface area is 67.6 Å². The van der Waals surface area contributed by atoms with Crippen LogP contribution in [0.15, 0.2) is 18.3 Å². The molecule has 0 bridgehead atoms. The monoisotopic (exact) mass is 240 g/mol. The zero-order chi connectivity index (χ0) is 6.85. The van der Waals surface area contributed by atoms with Crippen LogP contribution in [0.4, 0.5) is 0 Å². The van der Waals surface area contributed by atoms with Gasteiger partial charge in [0, 0.05) is 9.74 Å². The van der Waals surface area contributed by atoms with Crippen LogP contribution in [-0.4, -0.2) is 4.98 Å². The summed E-state index contributed by atoms with van der Waals surface area (Å²) < 4.78 is 8.02. The van der Waals surface area contributed by atoms with Crippen molar-refractivity contribution in [2.45, 2.75) is 0 Å². The first kappa shape index (κ1) is 4.99. The van der Waals surface area contributed by atoms with Gasteiger partial charge in [0.05, 0.1) is 1.37 Å². The van der Waals surface area contributed by atoms with Crippen LogP contribution in [0.2, 0.25) is 5.15 Å². The summed E-state index contributed by atoms with van der Waals surface area (Å²) >= 11 is 7.60. The van der Waals surface area contributed by atoms with Crippen LogP contribution >= 0.6 is 34.2 Å². The molecule has 0 aliphatic rings. The Morgan fingerprint density at radius 3 is 3.12 bits per heavy atom. The van der Waals surface area contributed by atoms with E-state index in [0.29, 0.717) is 5.15 Å². The van der Waals surface area contributed by atoms with Crippen LogP contribution in [0.3, 0.4) is 0 Å². The highest BCUT2D eigenvalue weighted by Gasteiger charge is 1.85. The third kappa shape index (κ3) is 1.59. The van der Waals surface area contributed by atoms with Gasteiger partial charge in [0.15, 0.2) is 0 Å². The van der Waals surface area contributed by atoms with Crippen molar-refractivity contribution in [2.75, 3.05) is 0 Å². The van der Waals surface area contributed by atoms with Gasteiger partial charge in [0.1, 0.15) is 5.15 Å². The second kappa shape index (κ2) is 2.64. The van der Waals surface area contributed by atoms with Crippen molar-refractivity contribution >= 4 is 34.2 Å². The summed E-state index contributed by atoms with van der Waals surface area (Å²) in [5.41, 5.74) is 0. The molecule has 0 aliphatic carbocycles. The molecule has 0 saturated heterocycles. The van der Waals surface area contributed by atoms with Crippen LogP contribution in [0.1, 0.15) is 1.37 Å². The Kier molecular flexibility index (Phi) is 1.65. The maximum atomic E-state index is 7.08. The number of pyridine rings is 1. The minimum absolute atomic E-state index is 0.215. The second-order valence-electron chi connectivity index (χ2n) is 1.24. The van der Waals surface area contributed by atoms with Crippen molar-refractivity contribution in [3.05, 3.63) is 27.0 Å². The van der Waals surface area contributed by atoms with Crippen LogP contribution in [0, 0.1) is 3.57 Å². The minimum atomic E-state index is 0.215. The van der Waals surface area contributed by atoms with Crippen molar-refractivity contribution in [3.8, 4) is 0 Å². The van der Waals surface area contributed by atoms with Gasteiger partial charge in [-0.2, -0.15) is 0 Å². The number of aromatic nitrogens is 1. The average Bonchev–Trinajstić information content (AvgIpc) is 1.59. The molecule has 0 aliphatic heterocycles. The molecule has 0 spiro atoms. The highest BCUT2D eigenvalue weighted by molar-refractivity contribution is 14.1. The number of halogens is 2. The first-order chi connectivity index (χ1) is 4.18. The number of hydrogen-bond donors (Lipinski definition) is 0. The third-order valence-corrected chi connectivity index (χ3v) is 1.45. The molecule has 0 aromatic carbocycles. The summed E-state index contributed by atoms with van der Waals surface area (Å²) in [6.45, 7) is 0. The Morgan fingerprint density at radius 1 is 1.88 bits per heavy atom. The van der Waals surface area contributed by atoms with Gasteiger partial charge in [-0.3, -0.25) is 0 Å². The van der Waals surface area contributed by atoms with Crippen molar-refractivity contribution in [1.29, 1.82) is 0 Å². The Hall–Kier alpha value is 0.170. The molecule has 0 unspecified atom stereocenters. The molecule has 1 rings (SSSR count). The molecule has 1 nitrogen and oxygen atoms in total. The predicted molar refractivity (Wildman–Crippen MR) is 42.0 cm³/mol. The largest absolute Gasteiger partial charge is 0.245 e. The standard InChI is InChI=1S/C5H3ClIN/c6-5-3-4(7)1-2-8-5/h1-3H/i2D. The fourth-order valence-corrected chi connectivity index (χ4v) is 1.13. The van der Waals surface area contributed by atoms with Gasteiger partial charge < -0.3 is 0 Å². The summed E-state index contributed by atoms with van der Waals surface area (Å²) in [6, 6.07) is 3.35. The zero-order valence-electron chi connectivity index (χ0n) is 4.86. The van der Waals surface area contributed by atoms with Gasteiger partial charge in [-0.15, -0.1) is 0 Å².